The van der Waals surface area contributed by atoms with Crippen LogP contribution in [-0.2, 0) is 4.79 Å². The summed E-state index contributed by atoms with van der Waals surface area (Å²) in [6, 6.07) is 5.53. The Hall–Kier alpha value is -2.23. The van der Waals surface area contributed by atoms with Crippen LogP contribution in [0.2, 0.25) is 0 Å². The molecule has 32 heavy (non-hydrogen) atoms. The molecule has 2 fully saturated rings. The Kier molecular flexibility index (Phi) is 7.27. The zero-order valence-corrected chi connectivity index (χ0v) is 20.3. The Bertz CT molecular complexity index is 1110. The first kappa shape index (κ1) is 22.9. The summed E-state index contributed by atoms with van der Waals surface area (Å²) >= 11 is 6.74. The van der Waals surface area contributed by atoms with E-state index in [2.05, 4.69) is 23.6 Å². The molecule has 0 bridgehead atoms. The number of carbonyl (C=O) groups is 1. The highest BCUT2D eigenvalue weighted by molar-refractivity contribution is 8.26. The van der Waals surface area contributed by atoms with E-state index >= 15 is 0 Å². The number of piperazine rings is 1. The molecule has 7 nitrogen and oxygen atoms in total. The maximum absolute atomic E-state index is 13.5. The fraction of sp³-hybridized carbons (Fsp3) is 0.478. The van der Waals surface area contributed by atoms with Gasteiger partial charge in [-0.15, -0.1) is 0 Å². The molecule has 0 saturated carbocycles. The average molecular weight is 472 g/mol. The van der Waals surface area contributed by atoms with E-state index in [1.807, 2.05) is 18.2 Å². The van der Waals surface area contributed by atoms with E-state index in [-0.39, 0.29) is 11.5 Å². The van der Waals surface area contributed by atoms with Crippen LogP contribution in [0.3, 0.4) is 0 Å². The van der Waals surface area contributed by atoms with Crippen molar-refractivity contribution < 1.29 is 4.79 Å². The lowest BCUT2D eigenvalue weighted by Crippen LogP contribution is -2.47. The van der Waals surface area contributed by atoms with Crippen LogP contribution in [0.4, 0.5) is 5.82 Å². The number of likely N-dealkylation sites (N-methyl/N-ethyl adjacent to an activating group) is 1. The lowest BCUT2D eigenvalue weighted by molar-refractivity contribution is -0.122. The average Bonchev–Trinajstić information content (AvgIpc) is 3.08. The summed E-state index contributed by atoms with van der Waals surface area (Å²) in [5, 5.41) is 0. The minimum atomic E-state index is -0.167. The number of aromatic nitrogens is 2. The van der Waals surface area contributed by atoms with E-state index in [0.29, 0.717) is 32.8 Å². The molecule has 0 radical (unpaired) electrons. The Morgan fingerprint density at radius 1 is 1.12 bits per heavy atom. The number of amides is 1. The second-order valence-electron chi connectivity index (χ2n) is 8.04. The molecular formula is C23H29N5O2S2. The lowest BCUT2D eigenvalue weighted by atomic mass is 10.2. The molecule has 2 aliphatic rings. The monoisotopic (exact) mass is 471 g/mol. The van der Waals surface area contributed by atoms with Crippen molar-refractivity contribution in [2.45, 2.75) is 33.1 Å². The second-order valence-corrected chi connectivity index (χ2v) is 9.72. The standard InChI is InChI=1S/C23H29N5O2S2/c1-3-5-7-11-28-22(30)18(32-23(28)31)16-17-20(26-14-12-25(4-2)13-15-26)24-19-9-6-8-10-27(19)21(17)29/h6,8-10,16H,3-5,7,11-15H2,1-2H3/b18-16+. The van der Waals surface area contributed by atoms with Crippen molar-refractivity contribution in [2.75, 3.05) is 44.2 Å². The third-order valence-corrected chi connectivity index (χ3v) is 7.38. The smallest absolute Gasteiger partial charge is 0.267 e. The maximum Gasteiger partial charge on any atom is 0.267 e. The van der Waals surface area contributed by atoms with Gasteiger partial charge in [-0.1, -0.05) is 56.7 Å². The van der Waals surface area contributed by atoms with Gasteiger partial charge in [0.25, 0.3) is 11.5 Å². The van der Waals surface area contributed by atoms with Crippen LogP contribution >= 0.6 is 24.0 Å². The molecule has 170 valence electrons. The number of thiocarbonyl (C=S) groups is 1. The van der Waals surface area contributed by atoms with Gasteiger partial charge < -0.3 is 9.80 Å². The van der Waals surface area contributed by atoms with Crippen molar-refractivity contribution in [1.29, 1.82) is 0 Å². The van der Waals surface area contributed by atoms with Gasteiger partial charge in [0.1, 0.15) is 15.8 Å². The first-order valence-electron chi connectivity index (χ1n) is 11.3. The summed E-state index contributed by atoms with van der Waals surface area (Å²) in [6.45, 7) is 9.35. The number of carbonyl (C=O) groups excluding carboxylic acids is 1. The highest BCUT2D eigenvalue weighted by atomic mass is 32.2. The highest BCUT2D eigenvalue weighted by Crippen LogP contribution is 2.33. The Morgan fingerprint density at radius 2 is 1.91 bits per heavy atom. The SMILES string of the molecule is CCCCCN1C(=O)/C(=C\c2c(N3CCN(CC)CC3)nc3ccccn3c2=O)SC1=S. The van der Waals surface area contributed by atoms with Crippen LogP contribution in [0.1, 0.15) is 38.7 Å². The second kappa shape index (κ2) is 10.1. The van der Waals surface area contributed by atoms with Gasteiger partial charge in [-0.25, -0.2) is 4.98 Å². The number of thioether (sulfide) groups is 1. The molecule has 0 N–H and O–H groups in total. The summed E-state index contributed by atoms with van der Waals surface area (Å²) in [4.78, 5) is 38.0. The van der Waals surface area contributed by atoms with Crippen LogP contribution in [0.5, 0.6) is 0 Å². The summed E-state index contributed by atoms with van der Waals surface area (Å²) < 4.78 is 2.10. The Balaban J connectivity index is 1.73. The maximum atomic E-state index is 13.5. The quantitative estimate of drug-likeness (QED) is 0.349. The van der Waals surface area contributed by atoms with Gasteiger partial charge in [0.05, 0.1) is 10.5 Å². The van der Waals surface area contributed by atoms with Gasteiger partial charge in [0.2, 0.25) is 0 Å². The van der Waals surface area contributed by atoms with Crippen molar-refractivity contribution >= 4 is 51.7 Å². The topological polar surface area (TPSA) is 61.2 Å². The van der Waals surface area contributed by atoms with Gasteiger partial charge in [0.15, 0.2) is 0 Å². The van der Waals surface area contributed by atoms with E-state index in [4.69, 9.17) is 17.2 Å². The third kappa shape index (κ3) is 4.60. The number of pyridine rings is 1. The number of fused-ring (bicyclic) bond motifs is 1. The molecule has 4 rings (SSSR count). The summed E-state index contributed by atoms with van der Waals surface area (Å²) in [5.74, 6) is 0.531. The molecule has 0 atom stereocenters. The molecule has 2 aromatic heterocycles. The first-order chi connectivity index (χ1) is 15.5. The highest BCUT2D eigenvalue weighted by Gasteiger charge is 2.32. The van der Waals surface area contributed by atoms with Gasteiger partial charge >= 0.3 is 0 Å². The molecule has 0 unspecified atom stereocenters. The van der Waals surface area contributed by atoms with Crippen LogP contribution in [0.25, 0.3) is 11.7 Å². The molecule has 0 spiro atoms. The predicted octanol–water partition coefficient (Wildman–Crippen LogP) is 3.23. The summed E-state index contributed by atoms with van der Waals surface area (Å²) in [6.07, 6.45) is 6.48. The van der Waals surface area contributed by atoms with Crippen LogP contribution in [0.15, 0.2) is 34.1 Å². The molecule has 9 heteroatoms. The molecule has 4 heterocycles. The van der Waals surface area contributed by atoms with Crippen molar-refractivity contribution in [3.05, 3.63) is 45.2 Å². The third-order valence-electron chi connectivity index (χ3n) is 6.00. The number of unbranched alkanes of at least 4 members (excludes halogenated alkanes) is 2. The fourth-order valence-corrected chi connectivity index (χ4v) is 5.37. The lowest BCUT2D eigenvalue weighted by Gasteiger charge is -2.35. The molecule has 2 aliphatic heterocycles. The van der Waals surface area contributed by atoms with E-state index in [1.165, 1.54) is 11.8 Å². The van der Waals surface area contributed by atoms with Gasteiger partial charge in [0, 0.05) is 38.9 Å². The van der Waals surface area contributed by atoms with Gasteiger partial charge in [-0.05, 0) is 31.2 Å². The number of hydrogen-bond acceptors (Lipinski definition) is 7. The summed E-state index contributed by atoms with van der Waals surface area (Å²) in [5.41, 5.74) is 0.891. The van der Waals surface area contributed by atoms with Crippen molar-refractivity contribution in [3.63, 3.8) is 0 Å². The first-order valence-corrected chi connectivity index (χ1v) is 12.5. The molecule has 0 aliphatic carbocycles. The minimum absolute atomic E-state index is 0.115. The molecule has 2 saturated heterocycles. The zero-order valence-electron chi connectivity index (χ0n) is 18.6. The van der Waals surface area contributed by atoms with Crippen LogP contribution in [-0.4, -0.2) is 68.7 Å². The van der Waals surface area contributed by atoms with E-state index in [1.54, 1.807) is 21.6 Å². The van der Waals surface area contributed by atoms with Crippen molar-refractivity contribution in [2.24, 2.45) is 0 Å². The number of anilines is 1. The zero-order chi connectivity index (χ0) is 22.7. The number of hydrogen-bond donors (Lipinski definition) is 0. The van der Waals surface area contributed by atoms with Gasteiger partial charge in [-0.3, -0.25) is 18.9 Å². The fourth-order valence-electron chi connectivity index (χ4n) is 4.08. The van der Waals surface area contributed by atoms with Crippen molar-refractivity contribution in [3.8, 4) is 0 Å². The number of rotatable bonds is 7. The normalized spacial score (nSPS) is 19.0. The minimum Gasteiger partial charge on any atom is -0.353 e. The van der Waals surface area contributed by atoms with E-state index in [9.17, 15) is 9.59 Å². The van der Waals surface area contributed by atoms with Gasteiger partial charge in [-0.2, -0.15) is 0 Å². The molecule has 1 amide bonds. The summed E-state index contributed by atoms with van der Waals surface area (Å²) in [7, 11) is 0. The molecular weight excluding hydrogens is 442 g/mol. The van der Waals surface area contributed by atoms with Crippen molar-refractivity contribution in [1.82, 2.24) is 19.2 Å². The van der Waals surface area contributed by atoms with Crippen LogP contribution in [0, 0.1) is 0 Å². The molecule has 2 aromatic rings. The van der Waals surface area contributed by atoms with Crippen LogP contribution < -0.4 is 10.5 Å². The largest absolute Gasteiger partial charge is 0.353 e. The van der Waals surface area contributed by atoms with E-state index in [0.717, 1.165) is 52.0 Å². The van der Waals surface area contributed by atoms with E-state index < -0.39 is 0 Å². The predicted molar refractivity (Wildman–Crippen MR) is 135 cm³/mol. The Morgan fingerprint density at radius 3 is 2.62 bits per heavy atom. The Labute approximate surface area is 198 Å². The number of nitrogens with zero attached hydrogens (tertiary/aromatic N) is 5. The molecule has 0 aromatic carbocycles.